The van der Waals surface area contributed by atoms with E-state index in [2.05, 4.69) is 10.6 Å². The van der Waals surface area contributed by atoms with Crippen LogP contribution in [0.4, 0.5) is 4.79 Å². The lowest BCUT2D eigenvalue weighted by Crippen LogP contribution is -2.51. The summed E-state index contributed by atoms with van der Waals surface area (Å²) in [5.41, 5.74) is 7.10. The highest BCUT2D eigenvalue weighted by atomic mass is 16.6. The number of rotatable bonds is 9. The number of carbonyl (C=O) groups is 2. The molecule has 0 saturated carbocycles. The fourth-order valence-corrected chi connectivity index (χ4v) is 2.95. The lowest BCUT2D eigenvalue weighted by atomic mass is 10.0. The van der Waals surface area contributed by atoms with Crippen LogP contribution in [0.25, 0.3) is 0 Å². The molecule has 2 atom stereocenters. The minimum atomic E-state index is -0.585. The van der Waals surface area contributed by atoms with Crippen LogP contribution in [0.5, 0.6) is 0 Å². The summed E-state index contributed by atoms with van der Waals surface area (Å²) in [5, 5.41) is 6.12. The van der Waals surface area contributed by atoms with Crippen molar-refractivity contribution in [3.8, 4) is 0 Å². The van der Waals surface area contributed by atoms with Crippen LogP contribution >= 0.6 is 0 Å². The molecule has 2 rings (SSSR count). The molecule has 4 N–H and O–H groups in total. The smallest absolute Gasteiger partial charge is 0.407 e. The van der Waals surface area contributed by atoms with Crippen molar-refractivity contribution < 1.29 is 14.3 Å². The lowest BCUT2D eigenvalue weighted by molar-refractivity contribution is -0.120. The molecule has 2 unspecified atom stereocenters. The highest BCUT2D eigenvalue weighted by Gasteiger charge is 2.22. The molecule has 0 aromatic heterocycles. The number of nitrogens with one attached hydrogen (secondary N) is 2. The first-order valence-corrected chi connectivity index (χ1v) is 9.83. The number of carbonyl (C=O) groups excluding carboxylic acids is 2. The molecule has 0 spiro atoms. The Morgan fingerprint density at radius 2 is 1.45 bits per heavy atom. The van der Waals surface area contributed by atoms with Gasteiger partial charge in [0.15, 0.2) is 0 Å². The van der Waals surface area contributed by atoms with Gasteiger partial charge in [-0.05, 0) is 44.7 Å². The molecule has 0 bridgehead atoms. The summed E-state index contributed by atoms with van der Waals surface area (Å²) in [7, 11) is 0. The third-order valence-corrected chi connectivity index (χ3v) is 4.28. The van der Waals surface area contributed by atoms with Gasteiger partial charge in [-0.1, -0.05) is 60.7 Å². The van der Waals surface area contributed by atoms with Crippen LogP contribution in [0, 0.1) is 0 Å². The van der Waals surface area contributed by atoms with E-state index in [1.54, 1.807) is 0 Å². The van der Waals surface area contributed by atoms with Crippen LogP contribution in [0.2, 0.25) is 0 Å². The Balaban J connectivity index is 2.04. The zero-order chi connectivity index (χ0) is 21.3. The Morgan fingerprint density at radius 3 is 1.93 bits per heavy atom. The number of benzene rings is 2. The van der Waals surface area contributed by atoms with E-state index in [0.29, 0.717) is 19.4 Å². The summed E-state index contributed by atoms with van der Waals surface area (Å²) in [4.78, 5) is 24.2. The van der Waals surface area contributed by atoms with Crippen molar-refractivity contribution in [1.29, 1.82) is 0 Å². The average Bonchev–Trinajstić information content (AvgIpc) is 2.64. The molecule has 2 aromatic carbocycles. The number of amides is 2. The summed E-state index contributed by atoms with van der Waals surface area (Å²) >= 11 is 0. The maximum Gasteiger partial charge on any atom is 0.407 e. The number of nitrogens with two attached hydrogens (primary N) is 1. The van der Waals surface area contributed by atoms with Crippen molar-refractivity contribution in [3.63, 3.8) is 0 Å². The van der Waals surface area contributed by atoms with Crippen LogP contribution in [-0.2, 0) is 22.4 Å². The summed E-state index contributed by atoms with van der Waals surface area (Å²) in [6.45, 7) is 5.84. The van der Waals surface area contributed by atoms with E-state index in [1.807, 2.05) is 81.4 Å². The summed E-state index contributed by atoms with van der Waals surface area (Å²) in [6.07, 6.45) is 0.601. The Bertz CT molecular complexity index is 773. The summed E-state index contributed by atoms with van der Waals surface area (Å²) in [5.74, 6) is -0.426. The molecular weight excluding hydrogens is 366 g/mol. The van der Waals surface area contributed by atoms with E-state index in [1.165, 1.54) is 0 Å². The number of hydrogen-bond donors (Lipinski definition) is 3. The Kier molecular flexibility index (Phi) is 8.21. The van der Waals surface area contributed by atoms with Gasteiger partial charge in [-0.25, -0.2) is 4.79 Å². The predicted molar refractivity (Wildman–Crippen MR) is 114 cm³/mol. The molecule has 0 aliphatic carbocycles. The van der Waals surface area contributed by atoms with Gasteiger partial charge in [0, 0.05) is 12.6 Å². The van der Waals surface area contributed by atoms with Crippen molar-refractivity contribution in [2.24, 2.45) is 5.73 Å². The van der Waals surface area contributed by atoms with Gasteiger partial charge in [-0.2, -0.15) is 0 Å². The third kappa shape index (κ3) is 8.79. The monoisotopic (exact) mass is 397 g/mol. The predicted octanol–water partition coefficient (Wildman–Crippen LogP) is 2.81. The SMILES string of the molecule is CC(C)(C)OC(=O)NC(CNC(Cc1ccccc1)C(N)=O)Cc1ccccc1. The standard InChI is InChI=1S/C23H31N3O3/c1-23(2,3)29-22(28)26-19(14-17-10-6-4-7-11-17)16-25-20(21(24)27)15-18-12-8-5-9-13-18/h4-13,19-20,25H,14-16H2,1-3H3,(H2,24,27)(H,26,28). The molecule has 2 aromatic rings. The van der Waals surface area contributed by atoms with Crippen LogP contribution in [0.15, 0.2) is 60.7 Å². The average molecular weight is 398 g/mol. The van der Waals surface area contributed by atoms with E-state index in [9.17, 15) is 9.59 Å². The fourth-order valence-electron chi connectivity index (χ4n) is 2.95. The van der Waals surface area contributed by atoms with Gasteiger partial charge in [-0.15, -0.1) is 0 Å². The second-order valence-corrected chi connectivity index (χ2v) is 8.09. The molecule has 0 heterocycles. The van der Waals surface area contributed by atoms with Crippen molar-refractivity contribution in [2.45, 2.75) is 51.3 Å². The third-order valence-electron chi connectivity index (χ3n) is 4.28. The van der Waals surface area contributed by atoms with Gasteiger partial charge in [-0.3, -0.25) is 4.79 Å². The van der Waals surface area contributed by atoms with Crippen LogP contribution in [-0.4, -0.2) is 36.2 Å². The van der Waals surface area contributed by atoms with Gasteiger partial charge in [0.25, 0.3) is 0 Å². The van der Waals surface area contributed by atoms with Gasteiger partial charge in [0.05, 0.1) is 6.04 Å². The van der Waals surface area contributed by atoms with E-state index in [-0.39, 0.29) is 6.04 Å². The van der Waals surface area contributed by atoms with Crippen molar-refractivity contribution in [3.05, 3.63) is 71.8 Å². The Morgan fingerprint density at radius 1 is 0.931 bits per heavy atom. The second-order valence-electron chi connectivity index (χ2n) is 8.09. The van der Waals surface area contributed by atoms with E-state index in [0.717, 1.165) is 11.1 Å². The molecule has 0 fully saturated rings. The van der Waals surface area contributed by atoms with E-state index < -0.39 is 23.6 Å². The summed E-state index contributed by atoms with van der Waals surface area (Å²) < 4.78 is 5.39. The molecule has 6 nitrogen and oxygen atoms in total. The molecule has 2 amide bonds. The van der Waals surface area contributed by atoms with Crippen molar-refractivity contribution >= 4 is 12.0 Å². The van der Waals surface area contributed by atoms with Gasteiger partial charge >= 0.3 is 6.09 Å². The zero-order valence-corrected chi connectivity index (χ0v) is 17.4. The van der Waals surface area contributed by atoms with Crippen molar-refractivity contribution in [1.82, 2.24) is 10.6 Å². The molecule has 156 valence electrons. The van der Waals surface area contributed by atoms with Crippen LogP contribution in [0.3, 0.4) is 0 Å². The molecule has 0 saturated heterocycles. The maximum absolute atomic E-state index is 12.3. The number of ether oxygens (including phenoxy) is 1. The van der Waals surface area contributed by atoms with Crippen LogP contribution in [0.1, 0.15) is 31.9 Å². The maximum atomic E-state index is 12.3. The molecular formula is C23H31N3O3. The zero-order valence-electron chi connectivity index (χ0n) is 17.4. The van der Waals surface area contributed by atoms with E-state index >= 15 is 0 Å². The molecule has 29 heavy (non-hydrogen) atoms. The number of hydrogen-bond acceptors (Lipinski definition) is 4. The first-order valence-electron chi connectivity index (χ1n) is 9.83. The first kappa shape index (κ1) is 22.4. The minimum Gasteiger partial charge on any atom is -0.444 e. The minimum absolute atomic E-state index is 0.259. The number of alkyl carbamates (subject to hydrolysis) is 1. The largest absolute Gasteiger partial charge is 0.444 e. The highest BCUT2D eigenvalue weighted by Crippen LogP contribution is 2.09. The summed E-state index contributed by atoms with van der Waals surface area (Å²) in [6, 6.07) is 18.8. The van der Waals surface area contributed by atoms with Gasteiger partial charge < -0.3 is 21.1 Å². The molecule has 0 aliphatic rings. The Labute approximate surface area is 172 Å². The second kappa shape index (κ2) is 10.6. The fraction of sp³-hybridized carbons (Fsp3) is 0.391. The number of primary amides is 1. The molecule has 6 heteroatoms. The van der Waals surface area contributed by atoms with Gasteiger partial charge in [0.1, 0.15) is 5.60 Å². The van der Waals surface area contributed by atoms with Crippen molar-refractivity contribution in [2.75, 3.05) is 6.54 Å². The van der Waals surface area contributed by atoms with Crippen LogP contribution < -0.4 is 16.4 Å². The normalized spacial score (nSPS) is 13.3. The van der Waals surface area contributed by atoms with Gasteiger partial charge in [0.2, 0.25) is 5.91 Å². The topological polar surface area (TPSA) is 93.4 Å². The molecule has 0 radical (unpaired) electrons. The lowest BCUT2D eigenvalue weighted by Gasteiger charge is -2.25. The highest BCUT2D eigenvalue weighted by molar-refractivity contribution is 5.80. The quantitative estimate of drug-likeness (QED) is 0.607. The Hall–Kier alpha value is -2.86. The first-order chi connectivity index (χ1) is 13.7. The molecule has 0 aliphatic heterocycles. The van der Waals surface area contributed by atoms with E-state index in [4.69, 9.17) is 10.5 Å².